The van der Waals surface area contributed by atoms with Gasteiger partial charge in [0.05, 0.1) is 19.2 Å². The Morgan fingerprint density at radius 1 is 1.14 bits per heavy atom. The summed E-state index contributed by atoms with van der Waals surface area (Å²) >= 11 is 0. The summed E-state index contributed by atoms with van der Waals surface area (Å²) in [5.74, 6) is -0.583. The van der Waals surface area contributed by atoms with Crippen molar-refractivity contribution in [1.29, 1.82) is 0 Å². The molecule has 1 fully saturated rings. The predicted molar refractivity (Wildman–Crippen MR) is 109 cm³/mol. The van der Waals surface area contributed by atoms with E-state index in [0.717, 1.165) is 22.3 Å². The van der Waals surface area contributed by atoms with Crippen LogP contribution in [0.3, 0.4) is 0 Å². The number of carbonyl (C=O) groups is 2. The third-order valence-electron chi connectivity index (χ3n) is 5.28. The van der Waals surface area contributed by atoms with Crippen molar-refractivity contribution < 1.29 is 24.2 Å². The lowest BCUT2D eigenvalue weighted by molar-refractivity contribution is -0.139. The lowest BCUT2D eigenvalue weighted by Gasteiger charge is -2.38. The van der Waals surface area contributed by atoms with Gasteiger partial charge in [-0.25, -0.2) is 4.79 Å². The Balaban J connectivity index is 1.83. The van der Waals surface area contributed by atoms with Crippen LogP contribution in [0.5, 0.6) is 5.75 Å². The number of benzene rings is 2. The molecule has 2 atom stereocenters. The number of carboxylic acid groups (broad SMARTS) is 1. The Morgan fingerprint density at radius 2 is 1.79 bits per heavy atom. The van der Waals surface area contributed by atoms with Gasteiger partial charge < -0.3 is 19.5 Å². The van der Waals surface area contributed by atoms with E-state index in [4.69, 9.17) is 14.6 Å². The molecule has 29 heavy (non-hydrogen) atoms. The van der Waals surface area contributed by atoms with Gasteiger partial charge in [0.2, 0.25) is 0 Å². The number of amides is 1. The highest BCUT2D eigenvalue weighted by molar-refractivity contribution is 5.95. The molecule has 1 aliphatic rings. The van der Waals surface area contributed by atoms with Crippen molar-refractivity contribution >= 4 is 11.9 Å². The fourth-order valence-electron chi connectivity index (χ4n) is 3.78. The average Bonchev–Trinajstić information content (AvgIpc) is 2.67. The fraction of sp³-hybridized carbons (Fsp3) is 0.391. The highest BCUT2D eigenvalue weighted by Crippen LogP contribution is 2.30. The average molecular weight is 397 g/mol. The van der Waals surface area contributed by atoms with E-state index in [1.807, 2.05) is 56.9 Å². The molecular weight excluding hydrogens is 370 g/mol. The highest BCUT2D eigenvalue weighted by atomic mass is 16.5. The van der Waals surface area contributed by atoms with Gasteiger partial charge in [-0.15, -0.1) is 0 Å². The van der Waals surface area contributed by atoms with Crippen LogP contribution in [-0.2, 0) is 9.53 Å². The van der Waals surface area contributed by atoms with E-state index in [0.29, 0.717) is 24.5 Å². The van der Waals surface area contributed by atoms with Crippen molar-refractivity contribution in [2.75, 3.05) is 19.8 Å². The number of aryl methyl sites for hydroxylation is 3. The van der Waals surface area contributed by atoms with Crippen molar-refractivity contribution in [3.8, 4) is 5.75 Å². The number of ether oxygens (including phenoxy) is 2. The summed E-state index contributed by atoms with van der Waals surface area (Å²) in [5.41, 5.74) is 4.30. The van der Waals surface area contributed by atoms with Crippen molar-refractivity contribution in [2.24, 2.45) is 0 Å². The summed E-state index contributed by atoms with van der Waals surface area (Å²) in [6.07, 6.45) is -0.156. The molecule has 6 nitrogen and oxygen atoms in total. The molecular formula is C23H27NO5. The third-order valence-corrected chi connectivity index (χ3v) is 5.28. The van der Waals surface area contributed by atoms with Crippen molar-refractivity contribution in [1.82, 2.24) is 4.90 Å². The van der Waals surface area contributed by atoms with Gasteiger partial charge >= 0.3 is 5.97 Å². The van der Waals surface area contributed by atoms with Gasteiger partial charge in [0, 0.05) is 5.56 Å². The minimum Gasteiger partial charge on any atom is -0.481 e. The van der Waals surface area contributed by atoms with E-state index < -0.39 is 12.6 Å². The van der Waals surface area contributed by atoms with Crippen LogP contribution in [-0.4, -0.2) is 47.7 Å². The maximum absolute atomic E-state index is 13.3. The smallest absolute Gasteiger partial charge is 0.341 e. The molecule has 0 spiro atoms. The van der Waals surface area contributed by atoms with Crippen LogP contribution in [0.2, 0.25) is 0 Å². The zero-order chi connectivity index (χ0) is 21.1. The molecule has 0 aliphatic carbocycles. The number of carboxylic acids is 1. The van der Waals surface area contributed by atoms with Crippen LogP contribution in [0, 0.1) is 20.8 Å². The Hall–Kier alpha value is -2.86. The largest absolute Gasteiger partial charge is 0.481 e. The number of nitrogens with zero attached hydrogens (tertiary/aromatic N) is 1. The van der Waals surface area contributed by atoms with Gasteiger partial charge in [0.25, 0.3) is 5.91 Å². The van der Waals surface area contributed by atoms with E-state index >= 15 is 0 Å². The van der Waals surface area contributed by atoms with Crippen LogP contribution < -0.4 is 4.74 Å². The van der Waals surface area contributed by atoms with Crippen LogP contribution >= 0.6 is 0 Å². The fourth-order valence-corrected chi connectivity index (χ4v) is 3.78. The molecule has 2 aromatic carbocycles. The lowest BCUT2D eigenvalue weighted by atomic mass is 9.99. The van der Waals surface area contributed by atoms with E-state index in [-0.39, 0.29) is 18.1 Å². The van der Waals surface area contributed by atoms with Crippen LogP contribution in [0.1, 0.15) is 45.6 Å². The molecule has 154 valence electrons. The summed E-state index contributed by atoms with van der Waals surface area (Å²) < 4.78 is 11.4. The Morgan fingerprint density at radius 3 is 2.41 bits per heavy atom. The molecule has 3 rings (SSSR count). The van der Waals surface area contributed by atoms with Crippen molar-refractivity contribution in [3.05, 3.63) is 64.2 Å². The van der Waals surface area contributed by atoms with Crippen LogP contribution in [0.15, 0.2) is 36.4 Å². The maximum atomic E-state index is 13.3. The van der Waals surface area contributed by atoms with E-state index in [1.54, 1.807) is 12.1 Å². The van der Waals surface area contributed by atoms with Gasteiger partial charge in [0.15, 0.2) is 6.61 Å². The minimum absolute atomic E-state index is 0.0358. The first-order valence-electron chi connectivity index (χ1n) is 9.72. The molecule has 0 bridgehead atoms. The minimum atomic E-state index is -1.03. The zero-order valence-electron chi connectivity index (χ0n) is 17.3. The number of aliphatic carboxylic acids is 1. The summed E-state index contributed by atoms with van der Waals surface area (Å²) in [6, 6.07) is 11.6. The summed E-state index contributed by atoms with van der Waals surface area (Å²) in [5, 5.41) is 8.84. The topological polar surface area (TPSA) is 76.1 Å². The van der Waals surface area contributed by atoms with Gasteiger partial charge in [-0.1, -0.05) is 24.3 Å². The molecule has 1 heterocycles. The number of morpholine rings is 1. The lowest BCUT2D eigenvalue weighted by Crippen LogP contribution is -2.48. The van der Waals surface area contributed by atoms with E-state index in [1.165, 1.54) is 0 Å². The Kier molecular flexibility index (Phi) is 6.23. The standard InChI is InChI=1S/C23H27NO5/c1-14-7-5-6-8-19(14)20-11-24(17(4)12-28-20)23(27)18-9-15(2)22(16(3)10-18)29-13-21(25)26/h5-10,17,20H,11-13H2,1-4H3,(H,25,26). The second-order valence-electron chi connectivity index (χ2n) is 7.61. The monoisotopic (exact) mass is 397 g/mol. The molecule has 1 N–H and O–H groups in total. The van der Waals surface area contributed by atoms with Crippen molar-refractivity contribution in [2.45, 2.75) is 39.8 Å². The van der Waals surface area contributed by atoms with Crippen LogP contribution in [0.25, 0.3) is 0 Å². The zero-order valence-corrected chi connectivity index (χ0v) is 17.3. The summed E-state index contributed by atoms with van der Waals surface area (Å²) in [7, 11) is 0. The first kappa shape index (κ1) is 20.9. The molecule has 0 radical (unpaired) electrons. The Bertz CT molecular complexity index is 900. The van der Waals surface area contributed by atoms with Gasteiger partial charge in [-0.2, -0.15) is 0 Å². The second-order valence-corrected chi connectivity index (χ2v) is 7.61. The summed E-state index contributed by atoms with van der Waals surface area (Å²) in [4.78, 5) is 25.9. The normalized spacial score (nSPS) is 19.1. The van der Waals surface area contributed by atoms with Crippen LogP contribution in [0.4, 0.5) is 0 Å². The predicted octanol–water partition coefficient (Wildman–Crippen LogP) is 3.68. The number of carbonyl (C=O) groups excluding carboxylic acids is 1. The SMILES string of the molecule is Cc1ccccc1C1CN(C(=O)c2cc(C)c(OCC(=O)O)c(C)c2)C(C)CO1. The highest BCUT2D eigenvalue weighted by Gasteiger charge is 2.32. The second kappa shape index (κ2) is 8.66. The van der Waals surface area contributed by atoms with Gasteiger partial charge in [0.1, 0.15) is 11.9 Å². The number of hydrogen-bond acceptors (Lipinski definition) is 4. The maximum Gasteiger partial charge on any atom is 0.341 e. The first-order chi connectivity index (χ1) is 13.8. The first-order valence-corrected chi connectivity index (χ1v) is 9.72. The summed E-state index contributed by atoms with van der Waals surface area (Å²) in [6.45, 7) is 8.22. The molecule has 2 unspecified atom stereocenters. The third kappa shape index (κ3) is 4.59. The van der Waals surface area contributed by atoms with Gasteiger partial charge in [-0.05, 0) is 62.1 Å². The molecule has 1 saturated heterocycles. The molecule has 6 heteroatoms. The molecule has 0 saturated carbocycles. The number of rotatable bonds is 5. The molecule has 0 aromatic heterocycles. The van der Waals surface area contributed by atoms with Crippen molar-refractivity contribution in [3.63, 3.8) is 0 Å². The van der Waals surface area contributed by atoms with E-state index in [2.05, 4.69) is 0 Å². The molecule has 1 aliphatic heterocycles. The quantitative estimate of drug-likeness (QED) is 0.833. The van der Waals surface area contributed by atoms with E-state index in [9.17, 15) is 9.59 Å². The number of hydrogen-bond donors (Lipinski definition) is 1. The van der Waals surface area contributed by atoms with Gasteiger partial charge in [-0.3, -0.25) is 4.79 Å². The molecule has 1 amide bonds. The molecule has 2 aromatic rings. The Labute approximate surface area is 171 Å².